The number of rotatable bonds is 6. The summed E-state index contributed by atoms with van der Waals surface area (Å²) in [5, 5.41) is 2.48. The highest BCUT2D eigenvalue weighted by Gasteiger charge is 2.53. The number of hydrogen-bond donors (Lipinski definition) is 0. The quantitative estimate of drug-likeness (QED) is 0.167. The van der Waals surface area contributed by atoms with E-state index in [1.54, 1.807) is 0 Å². The van der Waals surface area contributed by atoms with Gasteiger partial charge in [0.1, 0.15) is 0 Å². The number of benzene rings is 8. The van der Waals surface area contributed by atoms with Gasteiger partial charge < -0.3 is 4.90 Å². The predicted molar refractivity (Wildman–Crippen MR) is 267 cm³/mol. The van der Waals surface area contributed by atoms with Crippen molar-refractivity contribution in [3.63, 3.8) is 0 Å². The Morgan fingerprint density at radius 1 is 0.348 bits per heavy atom. The fraction of sp³-hybridized carbons (Fsp3) is 0.0164. The monoisotopic (exact) mass is 839 g/mol. The van der Waals surface area contributed by atoms with Crippen LogP contribution in [0, 0.1) is 0 Å². The summed E-state index contributed by atoms with van der Waals surface area (Å²) in [6.45, 7) is 0. The molecular formula is C61H37N5. The van der Waals surface area contributed by atoms with Crippen LogP contribution in [0.4, 0.5) is 17.1 Å². The maximum atomic E-state index is 5.58. The molecule has 5 heteroatoms. The van der Waals surface area contributed by atoms with Crippen molar-refractivity contribution in [3.05, 3.63) is 247 Å². The first-order valence-electron chi connectivity index (χ1n) is 22.4. The van der Waals surface area contributed by atoms with Crippen molar-refractivity contribution < 1.29 is 0 Å². The van der Waals surface area contributed by atoms with Crippen molar-refractivity contribution in [3.8, 4) is 78.4 Å². The summed E-state index contributed by atoms with van der Waals surface area (Å²) in [4.78, 5) is 22.4. The lowest BCUT2D eigenvalue weighted by Crippen LogP contribution is -2.26. The van der Waals surface area contributed by atoms with E-state index in [4.69, 9.17) is 9.97 Å². The van der Waals surface area contributed by atoms with Crippen molar-refractivity contribution in [2.24, 2.45) is 0 Å². The Hall–Kier alpha value is -8.80. The molecule has 1 atom stereocenters. The molecule has 11 aromatic rings. The third kappa shape index (κ3) is 5.11. The SMILES string of the molecule is c1ccc(N(c2ccccc2)c2ccc3c(c2)-c2ccccc2C32c3ccccc3-c3c2cc2c(c3-c3nc(-c4ccncc4)cc(-c4cccnc4)n3)-c3cccc4cccc-2c34)cc1. The van der Waals surface area contributed by atoms with Crippen LogP contribution in [0.15, 0.2) is 225 Å². The van der Waals surface area contributed by atoms with E-state index in [1.807, 2.05) is 43.0 Å². The number of nitrogens with zero attached hydrogens (tertiary/aromatic N) is 5. The highest BCUT2D eigenvalue weighted by atomic mass is 15.1. The molecule has 0 bridgehead atoms. The Labute approximate surface area is 382 Å². The summed E-state index contributed by atoms with van der Waals surface area (Å²) in [6, 6.07) is 72.7. The molecule has 8 aromatic carbocycles. The van der Waals surface area contributed by atoms with E-state index in [0.717, 1.165) is 45.1 Å². The number of anilines is 3. The average molecular weight is 840 g/mol. The van der Waals surface area contributed by atoms with Gasteiger partial charge >= 0.3 is 0 Å². The largest absolute Gasteiger partial charge is 0.310 e. The van der Waals surface area contributed by atoms with Gasteiger partial charge in [-0.15, -0.1) is 0 Å². The van der Waals surface area contributed by atoms with Gasteiger partial charge in [0.2, 0.25) is 0 Å². The van der Waals surface area contributed by atoms with Gasteiger partial charge in [-0.2, -0.15) is 0 Å². The Bertz CT molecular complexity index is 3660. The Kier molecular flexibility index (Phi) is 7.83. The van der Waals surface area contributed by atoms with E-state index in [9.17, 15) is 0 Å². The van der Waals surface area contributed by atoms with Crippen LogP contribution in [0.5, 0.6) is 0 Å². The molecule has 3 heterocycles. The lowest BCUT2D eigenvalue weighted by Gasteiger charge is -2.32. The Balaban J connectivity index is 1.11. The maximum Gasteiger partial charge on any atom is 0.161 e. The molecule has 3 aliphatic carbocycles. The lowest BCUT2D eigenvalue weighted by molar-refractivity contribution is 0.794. The van der Waals surface area contributed by atoms with Crippen molar-refractivity contribution in [2.45, 2.75) is 5.41 Å². The fourth-order valence-corrected chi connectivity index (χ4v) is 11.4. The maximum absolute atomic E-state index is 5.58. The Morgan fingerprint density at radius 2 is 0.985 bits per heavy atom. The van der Waals surface area contributed by atoms with Crippen molar-refractivity contribution in [1.82, 2.24) is 19.9 Å². The summed E-state index contributed by atoms with van der Waals surface area (Å²) < 4.78 is 0. The smallest absolute Gasteiger partial charge is 0.161 e. The molecule has 5 nitrogen and oxygen atoms in total. The van der Waals surface area contributed by atoms with Crippen molar-refractivity contribution in [1.29, 1.82) is 0 Å². The van der Waals surface area contributed by atoms with Crippen LogP contribution in [0.2, 0.25) is 0 Å². The van der Waals surface area contributed by atoms with E-state index >= 15 is 0 Å². The molecule has 1 spiro atoms. The van der Waals surface area contributed by atoms with Gasteiger partial charge in [-0.25, -0.2) is 9.97 Å². The normalized spacial score (nSPS) is 14.4. The van der Waals surface area contributed by atoms with Gasteiger partial charge in [-0.05, 0) is 145 Å². The summed E-state index contributed by atoms with van der Waals surface area (Å²) in [7, 11) is 0. The topological polar surface area (TPSA) is 54.8 Å². The number of hydrogen-bond acceptors (Lipinski definition) is 5. The van der Waals surface area contributed by atoms with Crippen LogP contribution in [-0.4, -0.2) is 19.9 Å². The van der Waals surface area contributed by atoms with Crippen LogP contribution in [0.1, 0.15) is 22.3 Å². The van der Waals surface area contributed by atoms with Gasteiger partial charge in [0.05, 0.1) is 16.8 Å². The first kappa shape index (κ1) is 36.7. The van der Waals surface area contributed by atoms with Crippen LogP contribution in [-0.2, 0) is 5.41 Å². The molecule has 0 saturated carbocycles. The zero-order valence-corrected chi connectivity index (χ0v) is 35.6. The van der Waals surface area contributed by atoms with Crippen LogP contribution in [0.25, 0.3) is 89.2 Å². The second-order valence-corrected chi connectivity index (χ2v) is 17.3. The molecule has 0 radical (unpaired) electrons. The molecule has 0 fully saturated rings. The van der Waals surface area contributed by atoms with Crippen LogP contribution >= 0.6 is 0 Å². The molecule has 3 aromatic heterocycles. The van der Waals surface area contributed by atoms with E-state index < -0.39 is 5.41 Å². The molecule has 66 heavy (non-hydrogen) atoms. The number of pyridine rings is 2. The molecular weight excluding hydrogens is 803 g/mol. The molecule has 0 amide bonds. The lowest BCUT2D eigenvalue weighted by atomic mass is 9.70. The number of fused-ring (bicyclic) bond motifs is 13. The van der Waals surface area contributed by atoms with Gasteiger partial charge in [-0.3, -0.25) is 9.97 Å². The highest BCUT2D eigenvalue weighted by molar-refractivity contribution is 6.21. The zero-order valence-electron chi connectivity index (χ0n) is 35.6. The minimum absolute atomic E-state index is 0.637. The summed E-state index contributed by atoms with van der Waals surface area (Å²) >= 11 is 0. The standard InChI is InChI=1S/C61H37N5/c1-3-17-41(18-4-1)66(42-19-5-2-6-20-42)43-27-28-52-48(34-43)44-21-7-9-25-50(44)61(52)51-26-10-8-22-46(51)58-53(61)35-49-45-23-11-14-39-15-12-24-47(56(39)45)57(49)59(58)60-64-54(38-29-32-62-33-30-38)36-55(65-60)40-16-13-31-63-37-40/h1-37H. The molecule has 0 N–H and O–H groups in total. The van der Waals surface area contributed by atoms with Gasteiger partial charge in [0, 0.05) is 64.1 Å². The molecule has 3 aliphatic rings. The second-order valence-electron chi connectivity index (χ2n) is 17.3. The van der Waals surface area contributed by atoms with Gasteiger partial charge in [0.25, 0.3) is 0 Å². The van der Waals surface area contributed by atoms with E-state index in [2.05, 4.69) is 197 Å². The van der Waals surface area contributed by atoms with Gasteiger partial charge in [0.15, 0.2) is 5.82 Å². The van der Waals surface area contributed by atoms with Gasteiger partial charge in [-0.1, -0.05) is 127 Å². The van der Waals surface area contributed by atoms with E-state index in [1.165, 1.54) is 77.5 Å². The minimum atomic E-state index is -0.637. The average Bonchev–Trinajstić information content (AvgIpc) is 3.99. The third-order valence-electron chi connectivity index (χ3n) is 14.0. The molecule has 1 unspecified atom stereocenters. The number of aromatic nitrogens is 4. The first-order chi connectivity index (χ1) is 32.8. The highest BCUT2D eigenvalue weighted by Crippen LogP contribution is 2.67. The second kappa shape index (κ2) is 14.1. The first-order valence-corrected chi connectivity index (χ1v) is 22.4. The summed E-state index contributed by atoms with van der Waals surface area (Å²) in [6.07, 6.45) is 7.35. The third-order valence-corrected chi connectivity index (χ3v) is 14.0. The minimum Gasteiger partial charge on any atom is -0.310 e. The van der Waals surface area contributed by atoms with Crippen LogP contribution < -0.4 is 4.90 Å². The zero-order chi connectivity index (χ0) is 43.3. The van der Waals surface area contributed by atoms with Crippen molar-refractivity contribution >= 4 is 27.8 Å². The summed E-state index contributed by atoms with van der Waals surface area (Å²) in [5.41, 5.74) is 21.9. The number of para-hydroxylation sites is 2. The molecule has 0 aliphatic heterocycles. The summed E-state index contributed by atoms with van der Waals surface area (Å²) in [5.74, 6) is 0.677. The molecule has 0 saturated heterocycles. The van der Waals surface area contributed by atoms with E-state index in [0.29, 0.717) is 5.82 Å². The molecule has 306 valence electrons. The molecule has 14 rings (SSSR count). The van der Waals surface area contributed by atoms with Crippen LogP contribution in [0.3, 0.4) is 0 Å². The van der Waals surface area contributed by atoms with E-state index in [-0.39, 0.29) is 0 Å². The van der Waals surface area contributed by atoms with Crippen molar-refractivity contribution in [2.75, 3.05) is 4.90 Å². The Morgan fingerprint density at radius 3 is 1.71 bits per heavy atom. The predicted octanol–water partition coefficient (Wildman–Crippen LogP) is 14.9. The fourth-order valence-electron chi connectivity index (χ4n) is 11.4.